The number of hydrogen-bond donors (Lipinski definition) is 4. The molecule has 0 bridgehead atoms. The van der Waals surface area contributed by atoms with E-state index >= 15 is 0 Å². The molecule has 0 spiro atoms. The van der Waals surface area contributed by atoms with Gasteiger partial charge in [-0.3, -0.25) is 5.41 Å². The van der Waals surface area contributed by atoms with Gasteiger partial charge in [0.25, 0.3) is 0 Å². The second kappa shape index (κ2) is 8.86. The number of hydrogen-bond acceptors (Lipinski definition) is 7. The maximum Gasteiger partial charge on any atom is 0.319 e. The molecule has 0 aliphatic heterocycles. The monoisotopic (exact) mass is 378 g/mol. The average Bonchev–Trinajstić information content (AvgIpc) is 2.62. The summed E-state index contributed by atoms with van der Waals surface area (Å²) >= 11 is 6.19. The van der Waals surface area contributed by atoms with Crippen molar-refractivity contribution in [2.24, 2.45) is 0 Å². The van der Waals surface area contributed by atoms with Gasteiger partial charge in [0.2, 0.25) is 11.8 Å². The zero-order valence-corrected chi connectivity index (χ0v) is 15.1. The van der Waals surface area contributed by atoms with Gasteiger partial charge in [-0.25, -0.2) is 14.8 Å². The van der Waals surface area contributed by atoms with Crippen molar-refractivity contribution in [2.75, 3.05) is 24.7 Å². The molecule has 2 rings (SSSR count). The minimum atomic E-state index is -0.346. The minimum absolute atomic E-state index is 0.0545. The summed E-state index contributed by atoms with van der Waals surface area (Å²) in [6.07, 6.45) is 2.04. The number of carbonyl (C=O) groups excluding carboxylic acids is 1. The number of amides is 2. The Morgan fingerprint density at radius 3 is 2.81 bits per heavy atom. The second-order valence-electron chi connectivity index (χ2n) is 5.10. The van der Waals surface area contributed by atoms with Crippen molar-refractivity contribution in [1.82, 2.24) is 15.3 Å². The van der Waals surface area contributed by atoms with Crippen LogP contribution in [0.3, 0.4) is 0 Å². The summed E-state index contributed by atoms with van der Waals surface area (Å²) < 4.78 is 10.5. The number of aromatic nitrogens is 2. The molecule has 0 atom stereocenters. The fourth-order valence-electron chi connectivity index (χ4n) is 1.95. The SMILES string of the molecule is CCCNC(=O)Nc1ccc(Oc2ncnc(N)c2C(=N)OC)cc1Cl. The largest absolute Gasteiger partial charge is 0.481 e. The number of nitrogen functional groups attached to an aromatic ring is 1. The summed E-state index contributed by atoms with van der Waals surface area (Å²) in [7, 11) is 1.33. The van der Waals surface area contributed by atoms with Gasteiger partial charge in [0.1, 0.15) is 23.5 Å². The number of nitrogens with one attached hydrogen (secondary N) is 3. The molecule has 0 radical (unpaired) electrons. The van der Waals surface area contributed by atoms with Crippen LogP contribution in [0.4, 0.5) is 16.3 Å². The van der Waals surface area contributed by atoms with Crippen LogP contribution in [0.5, 0.6) is 11.6 Å². The van der Waals surface area contributed by atoms with E-state index in [1.54, 1.807) is 12.1 Å². The molecule has 26 heavy (non-hydrogen) atoms. The van der Waals surface area contributed by atoms with Crippen molar-refractivity contribution in [3.05, 3.63) is 35.1 Å². The van der Waals surface area contributed by atoms with Gasteiger partial charge in [0.05, 0.1) is 17.8 Å². The highest BCUT2D eigenvalue weighted by atomic mass is 35.5. The zero-order chi connectivity index (χ0) is 19.1. The molecule has 1 aromatic carbocycles. The first-order valence-electron chi connectivity index (χ1n) is 7.71. The number of carbonyl (C=O) groups is 1. The Kier molecular flexibility index (Phi) is 6.56. The number of methoxy groups -OCH3 is 1. The first-order valence-corrected chi connectivity index (χ1v) is 8.09. The van der Waals surface area contributed by atoms with Crippen molar-refractivity contribution in [1.29, 1.82) is 5.41 Å². The Bertz CT molecular complexity index is 815. The van der Waals surface area contributed by atoms with Gasteiger partial charge in [-0.2, -0.15) is 0 Å². The van der Waals surface area contributed by atoms with Crippen LogP contribution < -0.4 is 21.1 Å². The highest BCUT2D eigenvalue weighted by Gasteiger charge is 2.17. The van der Waals surface area contributed by atoms with Gasteiger partial charge in [0, 0.05) is 12.6 Å². The Morgan fingerprint density at radius 2 is 2.15 bits per heavy atom. The van der Waals surface area contributed by atoms with Crippen LogP contribution in [0.25, 0.3) is 0 Å². The predicted molar refractivity (Wildman–Crippen MR) is 99.1 cm³/mol. The van der Waals surface area contributed by atoms with E-state index in [0.717, 1.165) is 6.42 Å². The molecule has 2 aromatic rings. The van der Waals surface area contributed by atoms with E-state index < -0.39 is 0 Å². The Hall–Kier alpha value is -3.07. The van der Waals surface area contributed by atoms with Crippen LogP contribution in [0, 0.1) is 5.41 Å². The quantitative estimate of drug-likeness (QED) is 0.450. The third-order valence-electron chi connectivity index (χ3n) is 3.21. The van der Waals surface area contributed by atoms with Crippen LogP contribution in [-0.2, 0) is 4.74 Å². The van der Waals surface area contributed by atoms with Crippen molar-refractivity contribution in [2.45, 2.75) is 13.3 Å². The maximum absolute atomic E-state index is 11.7. The molecule has 10 heteroatoms. The van der Waals surface area contributed by atoms with Crippen LogP contribution in [0.2, 0.25) is 5.02 Å². The van der Waals surface area contributed by atoms with Crippen LogP contribution in [0.15, 0.2) is 24.5 Å². The maximum atomic E-state index is 11.7. The van der Waals surface area contributed by atoms with E-state index in [1.807, 2.05) is 6.92 Å². The molecule has 0 unspecified atom stereocenters. The molecule has 0 aliphatic carbocycles. The molecule has 1 heterocycles. The van der Waals surface area contributed by atoms with Crippen molar-refractivity contribution in [3.8, 4) is 11.6 Å². The topological polar surface area (TPSA) is 135 Å². The summed E-state index contributed by atoms with van der Waals surface area (Å²) in [5.41, 5.74) is 6.33. The van der Waals surface area contributed by atoms with E-state index in [9.17, 15) is 4.79 Å². The Balaban J connectivity index is 2.19. The van der Waals surface area contributed by atoms with E-state index in [4.69, 9.17) is 32.2 Å². The fraction of sp³-hybridized carbons (Fsp3) is 0.250. The normalized spacial score (nSPS) is 10.1. The van der Waals surface area contributed by atoms with Gasteiger partial charge < -0.3 is 25.8 Å². The molecule has 9 nitrogen and oxygen atoms in total. The van der Waals surface area contributed by atoms with Crippen LogP contribution >= 0.6 is 11.6 Å². The molecule has 0 fully saturated rings. The molecular formula is C16H19ClN6O3. The van der Waals surface area contributed by atoms with Gasteiger partial charge in [-0.15, -0.1) is 0 Å². The lowest BCUT2D eigenvalue weighted by Gasteiger charge is -2.13. The van der Waals surface area contributed by atoms with Crippen LogP contribution in [-0.4, -0.2) is 35.6 Å². The van der Waals surface area contributed by atoms with Crippen molar-refractivity contribution < 1.29 is 14.3 Å². The second-order valence-corrected chi connectivity index (χ2v) is 5.50. The van der Waals surface area contributed by atoms with E-state index in [2.05, 4.69) is 20.6 Å². The summed E-state index contributed by atoms with van der Waals surface area (Å²) in [5, 5.41) is 13.4. The lowest BCUT2D eigenvalue weighted by molar-refractivity contribution is 0.252. The number of nitrogens with two attached hydrogens (primary N) is 1. The number of benzene rings is 1. The fourth-order valence-corrected chi connectivity index (χ4v) is 2.17. The van der Waals surface area contributed by atoms with E-state index in [1.165, 1.54) is 19.5 Å². The molecule has 0 saturated carbocycles. The lowest BCUT2D eigenvalue weighted by atomic mass is 10.2. The summed E-state index contributed by atoms with van der Waals surface area (Å²) in [6.45, 7) is 2.52. The summed E-state index contributed by atoms with van der Waals surface area (Å²) in [5.74, 6) is 0.230. The van der Waals surface area contributed by atoms with Gasteiger partial charge in [0.15, 0.2) is 0 Å². The summed E-state index contributed by atoms with van der Waals surface area (Å²) in [6, 6.07) is 4.35. The van der Waals surface area contributed by atoms with Gasteiger partial charge >= 0.3 is 6.03 Å². The highest BCUT2D eigenvalue weighted by molar-refractivity contribution is 6.33. The van der Waals surface area contributed by atoms with E-state index in [0.29, 0.717) is 18.0 Å². The molecule has 5 N–H and O–H groups in total. The highest BCUT2D eigenvalue weighted by Crippen LogP contribution is 2.31. The molecule has 2 amide bonds. The van der Waals surface area contributed by atoms with Crippen LogP contribution in [0.1, 0.15) is 18.9 Å². The molecule has 138 valence electrons. The number of urea groups is 1. The Morgan fingerprint density at radius 1 is 1.38 bits per heavy atom. The standard InChI is InChI=1S/C16H19ClN6O3/c1-3-6-20-16(24)23-11-5-4-9(7-10(11)17)26-15-12(14(19)25-2)13(18)21-8-22-15/h4-5,7-8,19H,3,6H2,1-2H3,(H2,18,21,22)(H2,20,23,24). The number of nitrogens with zero attached hydrogens (tertiary/aromatic N) is 2. The molecule has 0 aliphatic rings. The molecule has 0 saturated heterocycles. The predicted octanol–water partition coefficient (Wildman–Crippen LogP) is 3.01. The Labute approximate surface area is 155 Å². The first kappa shape index (κ1) is 19.3. The average molecular weight is 379 g/mol. The van der Waals surface area contributed by atoms with Gasteiger partial charge in [-0.1, -0.05) is 18.5 Å². The smallest absolute Gasteiger partial charge is 0.319 e. The third-order valence-corrected chi connectivity index (χ3v) is 3.52. The summed E-state index contributed by atoms with van der Waals surface area (Å²) in [4.78, 5) is 19.5. The number of rotatable bonds is 6. The third kappa shape index (κ3) is 4.73. The molecule has 1 aromatic heterocycles. The molecular weight excluding hydrogens is 360 g/mol. The van der Waals surface area contributed by atoms with Crippen molar-refractivity contribution >= 4 is 35.0 Å². The first-order chi connectivity index (χ1) is 12.5. The lowest BCUT2D eigenvalue weighted by Crippen LogP contribution is -2.29. The van der Waals surface area contributed by atoms with E-state index in [-0.39, 0.29) is 34.2 Å². The number of anilines is 2. The van der Waals surface area contributed by atoms with Crippen molar-refractivity contribution in [3.63, 3.8) is 0 Å². The van der Waals surface area contributed by atoms with Gasteiger partial charge in [-0.05, 0) is 18.6 Å². The number of halogens is 1. The number of ether oxygens (including phenoxy) is 2. The zero-order valence-electron chi connectivity index (χ0n) is 14.3. The minimum Gasteiger partial charge on any atom is -0.481 e.